The largest absolute Gasteiger partial charge is 0.291 e. The highest BCUT2D eigenvalue weighted by atomic mass is 35.5. The average Bonchev–Trinajstić information content (AvgIpc) is 3.18. The summed E-state index contributed by atoms with van der Waals surface area (Å²) in [5, 5.41) is 11.3. The summed E-state index contributed by atoms with van der Waals surface area (Å²) in [5.41, 5.74) is 1.67. The summed E-state index contributed by atoms with van der Waals surface area (Å²) in [6.45, 7) is 3.95. The number of amides is 1. The van der Waals surface area contributed by atoms with E-state index < -0.39 is 11.9 Å². The Morgan fingerprint density at radius 1 is 1.44 bits per heavy atom. The summed E-state index contributed by atoms with van der Waals surface area (Å²) in [5.74, 6) is -0.497. The lowest BCUT2D eigenvalue weighted by molar-refractivity contribution is -0.119. The van der Waals surface area contributed by atoms with E-state index in [9.17, 15) is 9.18 Å². The van der Waals surface area contributed by atoms with Crippen LogP contribution in [0.25, 0.3) is 0 Å². The molecule has 130 valence electrons. The highest BCUT2D eigenvalue weighted by Crippen LogP contribution is 2.18. The second-order valence-electron chi connectivity index (χ2n) is 5.66. The number of carbonyl (C=O) groups excluding carboxylic acids is 1. The predicted molar refractivity (Wildman–Crippen MR) is 90.8 cm³/mol. The van der Waals surface area contributed by atoms with Gasteiger partial charge in [-0.3, -0.25) is 14.8 Å². The molecule has 9 heteroatoms. The van der Waals surface area contributed by atoms with Crippen molar-refractivity contribution in [1.82, 2.24) is 24.5 Å². The van der Waals surface area contributed by atoms with Crippen LogP contribution in [0, 0.1) is 12.7 Å². The lowest BCUT2D eigenvalue weighted by Gasteiger charge is -2.10. The van der Waals surface area contributed by atoms with E-state index in [1.165, 1.54) is 23.1 Å². The molecule has 0 aliphatic heterocycles. The molecular weight excluding hydrogens is 347 g/mol. The Morgan fingerprint density at radius 3 is 2.92 bits per heavy atom. The van der Waals surface area contributed by atoms with Gasteiger partial charge in [-0.15, -0.1) is 5.10 Å². The Bertz CT molecular complexity index is 906. The molecule has 2 aromatic heterocycles. The number of hydrogen-bond acceptors (Lipinski definition) is 4. The molecule has 1 atom stereocenters. The van der Waals surface area contributed by atoms with Gasteiger partial charge in [0.25, 0.3) is 5.91 Å². The van der Waals surface area contributed by atoms with Gasteiger partial charge in [0, 0.05) is 11.2 Å². The molecule has 1 amide bonds. The zero-order chi connectivity index (χ0) is 18.0. The first-order chi connectivity index (χ1) is 11.9. The van der Waals surface area contributed by atoms with Crippen LogP contribution in [-0.4, -0.2) is 30.5 Å². The zero-order valence-corrected chi connectivity index (χ0v) is 14.4. The molecule has 3 rings (SSSR count). The first-order valence-electron chi connectivity index (χ1n) is 7.57. The molecule has 0 saturated heterocycles. The number of aryl methyl sites for hydroxylation is 1. The van der Waals surface area contributed by atoms with E-state index in [0.29, 0.717) is 17.1 Å². The van der Waals surface area contributed by atoms with Crippen molar-refractivity contribution < 1.29 is 9.18 Å². The molecule has 0 aliphatic rings. The molecule has 1 aromatic carbocycles. The number of nitrogens with one attached hydrogen (secondary N) is 1. The van der Waals surface area contributed by atoms with Crippen LogP contribution < -0.4 is 5.32 Å². The Balaban J connectivity index is 1.66. The van der Waals surface area contributed by atoms with Crippen LogP contribution in [0.2, 0.25) is 5.02 Å². The molecule has 0 saturated carbocycles. The molecule has 1 N–H and O–H groups in total. The Labute approximate surface area is 148 Å². The SMILES string of the molecule is Cc1cnn(C(C)C(=O)Nc2ncn(Cc3ccc(F)cc3Cl)n2)c1. The summed E-state index contributed by atoms with van der Waals surface area (Å²) < 4.78 is 16.2. The Kier molecular flexibility index (Phi) is 4.80. The van der Waals surface area contributed by atoms with Crippen LogP contribution in [0.5, 0.6) is 0 Å². The zero-order valence-electron chi connectivity index (χ0n) is 13.6. The average molecular weight is 363 g/mol. The first-order valence-corrected chi connectivity index (χ1v) is 7.95. The molecule has 2 heterocycles. The Morgan fingerprint density at radius 2 is 2.24 bits per heavy atom. The van der Waals surface area contributed by atoms with E-state index >= 15 is 0 Å². The van der Waals surface area contributed by atoms with Gasteiger partial charge in [-0.25, -0.2) is 14.1 Å². The van der Waals surface area contributed by atoms with Crippen LogP contribution in [0.3, 0.4) is 0 Å². The second-order valence-corrected chi connectivity index (χ2v) is 6.07. The lowest BCUT2D eigenvalue weighted by atomic mass is 10.2. The number of nitrogens with zero attached hydrogens (tertiary/aromatic N) is 5. The first kappa shape index (κ1) is 17.1. The van der Waals surface area contributed by atoms with E-state index in [2.05, 4.69) is 20.5 Å². The lowest BCUT2D eigenvalue weighted by Crippen LogP contribution is -2.24. The quantitative estimate of drug-likeness (QED) is 0.757. The van der Waals surface area contributed by atoms with E-state index in [1.54, 1.807) is 30.1 Å². The van der Waals surface area contributed by atoms with Crippen molar-refractivity contribution in [2.75, 3.05) is 5.32 Å². The van der Waals surface area contributed by atoms with Crippen molar-refractivity contribution in [3.8, 4) is 0 Å². The Hall–Kier alpha value is -2.74. The van der Waals surface area contributed by atoms with E-state index in [-0.39, 0.29) is 11.9 Å². The van der Waals surface area contributed by atoms with E-state index in [0.717, 1.165) is 5.56 Å². The summed E-state index contributed by atoms with van der Waals surface area (Å²) in [4.78, 5) is 16.3. The number of carbonyl (C=O) groups is 1. The van der Waals surface area contributed by atoms with Gasteiger partial charge in [0.1, 0.15) is 18.2 Å². The molecule has 0 fully saturated rings. The van der Waals surface area contributed by atoms with Crippen LogP contribution in [0.1, 0.15) is 24.1 Å². The van der Waals surface area contributed by atoms with Crippen molar-refractivity contribution in [3.05, 3.63) is 58.9 Å². The molecular formula is C16H16ClFN6O. The molecule has 0 radical (unpaired) electrons. The van der Waals surface area contributed by atoms with Gasteiger partial charge in [0.15, 0.2) is 0 Å². The number of halogens is 2. The summed E-state index contributed by atoms with van der Waals surface area (Å²) in [7, 11) is 0. The van der Waals surface area contributed by atoms with Crippen molar-refractivity contribution in [3.63, 3.8) is 0 Å². The molecule has 0 bridgehead atoms. The van der Waals surface area contributed by atoms with Crippen molar-refractivity contribution in [1.29, 1.82) is 0 Å². The number of rotatable bonds is 5. The summed E-state index contributed by atoms with van der Waals surface area (Å²) in [6.07, 6.45) is 4.94. The maximum atomic E-state index is 13.1. The van der Waals surface area contributed by atoms with Crippen LogP contribution in [0.4, 0.5) is 10.3 Å². The minimum atomic E-state index is -0.493. The predicted octanol–water partition coefficient (Wildman–Crippen LogP) is 2.82. The number of aromatic nitrogens is 5. The number of anilines is 1. The topological polar surface area (TPSA) is 77.6 Å². The normalized spacial score (nSPS) is 12.2. The van der Waals surface area contributed by atoms with Crippen molar-refractivity contribution in [2.45, 2.75) is 26.4 Å². The number of benzene rings is 1. The fourth-order valence-electron chi connectivity index (χ4n) is 2.23. The third kappa shape index (κ3) is 4.03. The molecule has 1 unspecified atom stereocenters. The van der Waals surface area contributed by atoms with Gasteiger partial charge < -0.3 is 0 Å². The summed E-state index contributed by atoms with van der Waals surface area (Å²) in [6, 6.07) is 3.66. The summed E-state index contributed by atoms with van der Waals surface area (Å²) >= 11 is 6.00. The van der Waals surface area contributed by atoms with Gasteiger partial charge in [-0.05, 0) is 37.1 Å². The highest BCUT2D eigenvalue weighted by molar-refractivity contribution is 6.31. The van der Waals surface area contributed by atoms with Crippen LogP contribution >= 0.6 is 11.6 Å². The van der Waals surface area contributed by atoms with Crippen LogP contribution in [0.15, 0.2) is 36.9 Å². The maximum absolute atomic E-state index is 13.1. The third-order valence-electron chi connectivity index (χ3n) is 3.63. The smallest absolute Gasteiger partial charge is 0.251 e. The highest BCUT2D eigenvalue weighted by Gasteiger charge is 2.17. The minimum absolute atomic E-state index is 0.180. The van der Waals surface area contributed by atoms with E-state index in [4.69, 9.17) is 11.6 Å². The fraction of sp³-hybridized carbons (Fsp3) is 0.250. The fourth-order valence-corrected chi connectivity index (χ4v) is 2.46. The molecule has 0 spiro atoms. The van der Waals surface area contributed by atoms with Crippen LogP contribution in [-0.2, 0) is 11.3 Å². The van der Waals surface area contributed by atoms with Crippen molar-refractivity contribution in [2.24, 2.45) is 0 Å². The van der Waals surface area contributed by atoms with Crippen molar-refractivity contribution >= 4 is 23.5 Å². The maximum Gasteiger partial charge on any atom is 0.251 e. The second kappa shape index (κ2) is 7.02. The molecule has 25 heavy (non-hydrogen) atoms. The number of hydrogen-bond donors (Lipinski definition) is 1. The molecule has 0 aliphatic carbocycles. The minimum Gasteiger partial charge on any atom is -0.291 e. The standard InChI is InChI=1S/C16H16ClFN6O/c1-10-6-20-24(7-10)11(2)15(25)21-16-19-9-23(22-16)8-12-3-4-13(18)5-14(12)17/h3-7,9,11H,8H2,1-2H3,(H,21,22,25). The van der Waals surface area contributed by atoms with Gasteiger partial charge in [0.05, 0.1) is 12.7 Å². The van der Waals surface area contributed by atoms with Gasteiger partial charge >= 0.3 is 0 Å². The third-order valence-corrected chi connectivity index (χ3v) is 3.98. The van der Waals surface area contributed by atoms with E-state index in [1.807, 2.05) is 6.92 Å². The molecule has 3 aromatic rings. The molecule has 7 nitrogen and oxygen atoms in total. The van der Waals surface area contributed by atoms with Gasteiger partial charge in [-0.1, -0.05) is 17.7 Å². The monoisotopic (exact) mass is 362 g/mol. The van der Waals surface area contributed by atoms with Gasteiger partial charge in [0.2, 0.25) is 5.95 Å². The van der Waals surface area contributed by atoms with Gasteiger partial charge in [-0.2, -0.15) is 5.10 Å².